The van der Waals surface area contributed by atoms with Crippen molar-refractivity contribution in [2.75, 3.05) is 5.01 Å². The first-order valence-corrected chi connectivity index (χ1v) is 8.91. The molecule has 0 unspecified atom stereocenters. The van der Waals surface area contributed by atoms with Gasteiger partial charge < -0.3 is 5.11 Å². The zero-order valence-electron chi connectivity index (χ0n) is 15.1. The number of carbonyl (C=O) groups is 1. The van der Waals surface area contributed by atoms with E-state index in [1.165, 1.54) is 23.2 Å². The number of H-pyrrole nitrogens is 1. The lowest BCUT2D eigenvalue weighted by atomic mass is 10.1. The average Bonchev–Trinajstić information content (AvgIpc) is 3.15. The molecule has 0 spiro atoms. The molecule has 2 N–H and O–H groups in total. The normalized spacial score (nSPS) is 15.3. The standard InChI is InChI=1S/C20H14ClFN4O3/c1-11-14(19(28)25(23-11)12-5-3-2-4-6-12)10-15-18(27)24-26(20(15)29)13-7-8-17(22)16(21)9-13/h2-10,29H,1H3,(H,24,27)/b14-10-. The van der Waals surface area contributed by atoms with Gasteiger partial charge in [0.15, 0.2) is 0 Å². The Morgan fingerprint density at radius 1 is 1.14 bits per heavy atom. The molecule has 7 nitrogen and oxygen atoms in total. The van der Waals surface area contributed by atoms with Crippen LogP contribution >= 0.6 is 11.6 Å². The van der Waals surface area contributed by atoms with Crippen molar-refractivity contribution in [1.29, 1.82) is 0 Å². The number of nitrogens with one attached hydrogen (secondary N) is 1. The molecule has 3 aromatic rings. The number of hydrogen-bond acceptors (Lipinski definition) is 4. The fraction of sp³-hybridized carbons (Fsp3) is 0.0500. The summed E-state index contributed by atoms with van der Waals surface area (Å²) in [6, 6.07) is 12.6. The van der Waals surface area contributed by atoms with E-state index >= 15 is 0 Å². The van der Waals surface area contributed by atoms with Gasteiger partial charge in [-0.2, -0.15) is 10.1 Å². The summed E-state index contributed by atoms with van der Waals surface area (Å²) < 4.78 is 14.4. The van der Waals surface area contributed by atoms with Crippen LogP contribution in [0.15, 0.2) is 64.0 Å². The molecule has 1 aliphatic heterocycles. The van der Waals surface area contributed by atoms with Crippen LogP contribution in [0.4, 0.5) is 10.1 Å². The third-order valence-corrected chi connectivity index (χ3v) is 4.71. The monoisotopic (exact) mass is 412 g/mol. The molecule has 0 radical (unpaired) electrons. The zero-order chi connectivity index (χ0) is 20.7. The number of aromatic amines is 1. The lowest BCUT2D eigenvalue weighted by Crippen LogP contribution is -2.21. The number of carbonyl (C=O) groups excluding carboxylic acids is 1. The predicted octanol–water partition coefficient (Wildman–Crippen LogP) is 3.47. The molecule has 0 saturated heterocycles. The minimum absolute atomic E-state index is 0.127. The molecule has 1 amide bonds. The van der Waals surface area contributed by atoms with Crippen molar-refractivity contribution in [3.63, 3.8) is 0 Å². The zero-order valence-corrected chi connectivity index (χ0v) is 15.8. The van der Waals surface area contributed by atoms with E-state index in [4.69, 9.17) is 11.6 Å². The van der Waals surface area contributed by atoms with Crippen molar-refractivity contribution in [2.45, 2.75) is 6.92 Å². The van der Waals surface area contributed by atoms with E-state index < -0.39 is 23.2 Å². The molecular formula is C20H14ClFN4O3. The Morgan fingerprint density at radius 2 is 1.86 bits per heavy atom. The van der Waals surface area contributed by atoms with Crippen molar-refractivity contribution in [2.24, 2.45) is 5.10 Å². The molecule has 0 fully saturated rings. The van der Waals surface area contributed by atoms with Gasteiger partial charge in [-0.25, -0.2) is 9.07 Å². The lowest BCUT2D eigenvalue weighted by molar-refractivity contribution is -0.114. The predicted molar refractivity (Wildman–Crippen MR) is 108 cm³/mol. The molecule has 2 aromatic carbocycles. The number of anilines is 1. The average molecular weight is 413 g/mol. The molecule has 29 heavy (non-hydrogen) atoms. The van der Waals surface area contributed by atoms with E-state index in [2.05, 4.69) is 10.2 Å². The highest BCUT2D eigenvalue weighted by Crippen LogP contribution is 2.27. The molecule has 1 aliphatic rings. The van der Waals surface area contributed by atoms with E-state index in [1.807, 2.05) is 6.07 Å². The first kappa shape index (κ1) is 18.7. The van der Waals surface area contributed by atoms with Crippen molar-refractivity contribution in [3.05, 3.63) is 80.9 Å². The Labute approximate surface area is 168 Å². The molecule has 146 valence electrons. The summed E-state index contributed by atoms with van der Waals surface area (Å²) >= 11 is 5.77. The quantitative estimate of drug-likeness (QED) is 0.645. The van der Waals surface area contributed by atoms with E-state index in [0.717, 1.165) is 10.7 Å². The smallest absolute Gasteiger partial charge is 0.280 e. The van der Waals surface area contributed by atoms with Gasteiger partial charge in [0.2, 0.25) is 5.88 Å². The summed E-state index contributed by atoms with van der Waals surface area (Å²) in [6.07, 6.45) is 1.28. The van der Waals surface area contributed by atoms with Gasteiger partial charge in [0, 0.05) is 0 Å². The second kappa shape index (κ2) is 7.06. The molecule has 0 bridgehead atoms. The van der Waals surface area contributed by atoms with Crippen molar-refractivity contribution in [1.82, 2.24) is 9.78 Å². The third-order valence-electron chi connectivity index (χ3n) is 4.42. The molecule has 0 saturated carbocycles. The Morgan fingerprint density at radius 3 is 2.55 bits per heavy atom. The minimum atomic E-state index is -0.630. The Bertz CT molecular complexity index is 1240. The van der Waals surface area contributed by atoms with E-state index in [1.54, 1.807) is 31.2 Å². The second-order valence-corrected chi connectivity index (χ2v) is 6.72. The number of aromatic hydroxyl groups is 1. The van der Waals surface area contributed by atoms with Crippen molar-refractivity contribution < 1.29 is 14.3 Å². The van der Waals surface area contributed by atoms with Crippen molar-refractivity contribution in [3.8, 4) is 11.6 Å². The van der Waals surface area contributed by atoms with Crippen LogP contribution in [-0.4, -0.2) is 26.5 Å². The molecule has 2 heterocycles. The molecular weight excluding hydrogens is 399 g/mol. The van der Waals surface area contributed by atoms with Crippen LogP contribution in [0.2, 0.25) is 5.02 Å². The van der Waals surface area contributed by atoms with Crippen LogP contribution in [-0.2, 0) is 4.79 Å². The highest BCUT2D eigenvalue weighted by atomic mass is 35.5. The summed E-state index contributed by atoms with van der Waals surface area (Å²) in [5.41, 5.74) is 0.647. The van der Waals surface area contributed by atoms with Gasteiger partial charge in [0.25, 0.3) is 11.5 Å². The molecule has 9 heteroatoms. The van der Waals surface area contributed by atoms with Gasteiger partial charge in [-0.3, -0.25) is 14.7 Å². The summed E-state index contributed by atoms with van der Waals surface area (Å²) in [5.74, 6) is -1.50. The van der Waals surface area contributed by atoms with E-state index in [9.17, 15) is 19.1 Å². The van der Waals surface area contributed by atoms with Crippen LogP contribution in [0, 0.1) is 5.82 Å². The van der Waals surface area contributed by atoms with E-state index in [0.29, 0.717) is 11.4 Å². The topological polar surface area (TPSA) is 90.7 Å². The number of hydrazone groups is 1. The van der Waals surface area contributed by atoms with Gasteiger partial charge in [-0.15, -0.1) is 0 Å². The summed E-state index contributed by atoms with van der Waals surface area (Å²) in [4.78, 5) is 25.2. The van der Waals surface area contributed by atoms with Crippen LogP contribution < -0.4 is 10.6 Å². The first-order valence-electron chi connectivity index (χ1n) is 8.53. The fourth-order valence-corrected chi connectivity index (χ4v) is 3.13. The molecule has 0 aliphatic carbocycles. The molecule has 0 atom stereocenters. The maximum Gasteiger partial charge on any atom is 0.280 e. The molecule has 1 aromatic heterocycles. The Hall–Kier alpha value is -3.65. The number of para-hydroxylation sites is 1. The number of rotatable bonds is 3. The first-order chi connectivity index (χ1) is 13.9. The highest BCUT2D eigenvalue weighted by Gasteiger charge is 2.29. The Kier molecular flexibility index (Phi) is 4.56. The second-order valence-electron chi connectivity index (χ2n) is 6.31. The number of hydrogen-bond donors (Lipinski definition) is 2. The Balaban J connectivity index is 1.75. The van der Waals surface area contributed by atoms with Gasteiger partial charge in [-0.05, 0) is 43.3 Å². The minimum Gasteiger partial charge on any atom is -0.493 e. The number of halogens is 2. The van der Waals surface area contributed by atoms with Crippen LogP contribution in [0.5, 0.6) is 5.88 Å². The largest absolute Gasteiger partial charge is 0.493 e. The van der Waals surface area contributed by atoms with Gasteiger partial charge in [0.1, 0.15) is 11.4 Å². The molecule has 4 rings (SSSR count). The van der Waals surface area contributed by atoms with E-state index in [-0.39, 0.29) is 21.8 Å². The van der Waals surface area contributed by atoms with Gasteiger partial charge >= 0.3 is 0 Å². The van der Waals surface area contributed by atoms with Crippen LogP contribution in [0.25, 0.3) is 11.8 Å². The fourth-order valence-electron chi connectivity index (χ4n) is 2.95. The maximum absolute atomic E-state index is 13.4. The van der Waals surface area contributed by atoms with Crippen LogP contribution in [0.1, 0.15) is 12.5 Å². The van der Waals surface area contributed by atoms with Gasteiger partial charge in [-0.1, -0.05) is 29.8 Å². The van der Waals surface area contributed by atoms with Gasteiger partial charge in [0.05, 0.1) is 27.7 Å². The maximum atomic E-state index is 13.4. The number of nitrogens with zero attached hydrogens (tertiary/aromatic N) is 3. The SMILES string of the molecule is CC1=NN(c2ccccc2)C(=O)/C1=C\c1c(O)n(-c2ccc(F)c(Cl)c2)[nH]c1=O. The summed E-state index contributed by atoms with van der Waals surface area (Å²) in [5, 5.41) is 18.3. The van der Waals surface area contributed by atoms with Crippen LogP contribution in [0.3, 0.4) is 0 Å². The van der Waals surface area contributed by atoms with Crippen molar-refractivity contribution >= 4 is 35.0 Å². The lowest BCUT2D eigenvalue weighted by Gasteiger charge is -2.10. The summed E-state index contributed by atoms with van der Waals surface area (Å²) in [6.45, 7) is 1.63. The number of aromatic nitrogens is 2. The number of amides is 1. The summed E-state index contributed by atoms with van der Waals surface area (Å²) in [7, 11) is 0. The number of benzene rings is 2. The highest BCUT2D eigenvalue weighted by molar-refractivity contribution is 6.32. The third kappa shape index (κ3) is 3.23.